The summed E-state index contributed by atoms with van der Waals surface area (Å²) in [6, 6.07) is 0.482. The lowest BCUT2D eigenvalue weighted by atomic mass is 9.82. The Morgan fingerprint density at radius 2 is 1.48 bits per heavy atom. The Morgan fingerprint density at radius 1 is 0.905 bits per heavy atom. The van der Waals surface area contributed by atoms with E-state index in [1.807, 2.05) is 0 Å². The van der Waals surface area contributed by atoms with Crippen LogP contribution in [-0.4, -0.2) is 12.6 Å². The van der Waals surface area contributed by atoms with Gasteiger partial charge in [0.25, 0.3) is 0 Å². The highest BCUT2D eigenvalue weighted by molar-refractivity contribution is 4.76. The third kappa shape index (κ3) is 8.83. The standard InChI is InChI=1S/C19H40N2/c1-19(2,16-20)15-11-6-4-3-5-10-14-18(21)17-12-8-7-9-13-17/h17-18H,3-16,20-21H2,1-2H3. The number of rotatable bonds is 11. The second-order valence-electron chi connectivity index (χ2n) is 8.09. The van der Waals surface area contributed by atoms with Crippen molar-refractivity contribution in [1.29, 1.82) is 0 Å². The van der Waals surface area contributed by atoms with Gasteiger partial charge in [-0.15, -0.1) is 0 Å². The van der Waals surface area contributed by atoms with Gasteiger partial charge in [-0.25, -0.2) is 0 Å². The van der Waals surface area contributed by atoms with Crippen molar-refractivity contribution in [2.45, 2.75) is 103 Å². The van der Waals surface area contributed by atoms with E-state index < -0.39 is 0 Å². The molecule has 0 amide bonds. The van der Waals surface area contributed by atoms with Crippen LogP contribution in [-0.2, 0) is 0 Å². The van der Waals surface area contributed by atoms with Crippen LogP contribution in [0.5, 0.6) is 0 Å². The normalized spacial score (nSPS) is 18.9. The average Bonchev–Trinajstić information content (AvgIpc) is 2.50. The minimum absolute atomic E-state index is 0.340. The molecule has 4 N–H and O–H groups in total. The number of nitrogens with two attached hydrogens (primary N) is 2. The van der Waals surface area contributed by atoms with Crippen LogP contribution in [0.3, 0.4) is 0 Å². The van der Waals surface area contributed by atoms with E-state index in [0.29, 0.717) is 11.5 Å². The van der Waals surface area contributed by atoms with E-state index in [0.717, 1.165) is 12.5 Å². The predicted octanol–water partition coefficient (Wildman–Crippen LogP) is 5.00. The Bertz CT molecular complexity index is 244. The second-order valence-corrected chi connectivity index (χ2v) is 8.09. The highest BCUT2D eigenvalue weighted by Crippen LogP contribution is 2.27. The largest absolute Gasteiger partial charge is 0.330 e. The van der Waals surface area contributed by atoms with Crippen LogP contribution < -0.4 is 11.5 Å². The van der Waals surface area contributed by atoms with Gasteiger partial charge in [0.1, 0.15) is 0 Å². The zero-order valence-electron chi connectivity index (χ0n) is 14.7. The third-order valence-corrected chi connectivity index (χ3v) is 5.45. The van der Waals surface area contributed by atoms with Crippen molar-refractivity contribution in [3.05, 3.63) is 0 Å². The summed E-state index contributed by atoms with van der Waals surface area (Å²) in [5.74, 6) is 0.831. The molecule has 1 saturated carbocycles. The lowest BCUT2D eigenvalue weighted by Crippen LogP contribution is -2.31. The molecule has 1 aliphatic carbocycles. The molecule has 0 aromatic carbocycles. The average molecular weight is 297 g/mol. The second kappa shape index (κ2) is 10.6. The molecule has 0 aromatic rings. The fourth-order valence-corrected chi connectivity index (χ4v) is 3.59. The van der Waals surface area contributed by atoms with E-state index in [4.69, 9.17) is 11.5 Å². The summed E-state index contributed by atoms with van der Waals surface area (Å²) in [4.78, 5) is 0. The minimum Gasteiger partial charge on any atom is -0.330 e. The fraction of sp³-hybridized carbons (Fsp3) is 1.00. The first-order valence-corrected chi connectivity index (χ1v) is 9.51. The summed E-state index contributed by atoms with van der Waals surface area (Å²) in [7, 11) is 0. The summed E-state index contributed by atoms with van der Waals surface area (Å²) in [6.45, 7) is 5.37. The van der Waals surface area contributed by atoms with Gasteiger partial charge in [0.2, 0.25) is 0 Å². The molecule has 0 aliphatic heterocycles. The molecule has 2 heteroatoms. The molecule has 1 rings (SSSR count). The van der Waals surface area contributed by atoms with Crippen LogP contribution in [0.15, 0.2) is 0 Å². The van der Waals surface area contributed by atoms with E-state index >= 15 is 0 Å². The Hall–Kier alpha value is -0.0800. The molecule has 0 spiro atoms. The molecule has 0 heterocycles. The quantitative estimate of drug-likeness (QED) is 0.527. The SMILES string of the molecule is CC(C)(CN)CCCCCCCCC(N)C1CCCCC1. The summed E-state index contributed by atoms with van der Waals surface area (Å²) in [5, 5.41) is 0. The predicted molar refractivity (Wildman–Crippen MR) is 94.3 cm³/mol. The monoisotopic (exact) mass is 296 g/mol. The highest BCUT2D eigenvalue weighted by atomic mass is 14.6. The first kappa shape index (κ1) is 19.0. The smallest absolute Gasteiger partial charge is 0.00671 e. The molecule has 1 fully saturated rings. The lowest BCUT2D eigenvalue weighted by molar-refractivity contribution is 0.289. The zero-order valence-corrected chi connectivity index (χ0v) is 14.7. The summed E-state index contributed by atoms with van der Waals surface area (Å²) < 4.78 is 0. The zero-order chi connectivity index (χ0) is 15.6. The first-order chi connectivity index (χ1) is 10.0. The molecule has 0 radical (unpaired) electrons. The maximum absolute atomic E-state index is 6.36. The van der Waals surface area contributed by atoms with Gasteiger partial charge >= 0.3 is 0 Å². The Kier molecular flexibility index (Phi) is 9.59. The number of hydrogen-bond acceptors (Lipinski definition) is 2. The van der Waals surface area contributed by atoms with Crippen molar-refractivity contribution < 1.29 is 0 Å². The van der Waals surface area contributed by atoms with Crippen LogP contribution in [0, 0.1) is 11.3 Å². The Morgan fingerprint density at radius 3 is 2.10 bits per heavy atom. The lowest BCUT2D eigenvalue weighted by Gasteiger charge is -2.27. The molecule has 0 saturated heterocycles. The van der Waals surface area contributed by atoms with Crippen LogP contribution >= 0.6 is 0 Å². The summed E-state index contributed by atoms with van der Waals surface area (Å²) in [6.07, 6.45) is 17.8. The van der Waals surface area contributed by atoms with Crippen LogP contribution in [0.2, 0.25) is 0 Å². The van der Waals surface area contributed by atoms with Crippen molar-refractivity contribution in [1.82, 2.24) is 0 Å². The van der Waals surface area contributed by atoms with Crippen LogP contribution in [0.1, 0.15) is 97.3 Å². The Balaban J connectivity index is 1.90. The van der Waals surface area contributed by atoms with E-state index in [9.17, 15) is 0 Å². The fourth-order valence-electron chi connectivity index (χ4n) is 3.59. The first-order valence-electron chi connectivity index (χ1n) is 9.51. The van der Waals surface area contributed by atoms with Gasteiger partial charge in [0.15, 0.2) is 0 Å². The molecule has 1 unspecified atom stereocenters. The summed E-state index contributed by atoms with van der Waals surface area (Å²) in [5.41, 5.74) is 12.5. The van der Waals surface area contributed by atoms with Crippen molar-refractivity contribution in [3.8, 4) is 0 Å². The van der Waals surface area contributed by atoms with Crippen molar-refractivity contribution >= 4 is 0 Å². The molecule has 2 nitrogen and oxygen atoms in total. The van der Waals surface area contributed by atoms with E-state index in [-0.39, 0.29) is 0 Å². The third-order valence-electron chi connectivity index (χ3n) is 5.45. The van der Waals surface area contributed by atoms with Gasteiger partial charge in [-0.05, 0) is 43.6 Å². The van der Waals surface area contributed by atoms with Crippen molar-refractivity contribution in [2.24, 2.45) is 22.8 Å². The van der Waals surface area contributed by atoms with Gasteiger partial charge in [0, 0.05) is 6.04 Å². The summed E-state index contributed by atoms with van der Waals surface area (Å²) >= 11 is 0. The van der Waals surface area contributed by atoms with Crippen LogP contribution in [0.25, 0.3) is 0 Å². The van der Waals surface area contributed by atoms with Gasteiger partial charge in [-0.2, -0.15) is 0 Å². The van der Waals surface area contributed by atoms with Gasteiger partial charge in [0.05, 0.1) is 0 Å². The van der Waals surface area contributed by atoms with Gasteiger partial charge < -0.3 is 11.5 Å². The maximum atomic E-state index is 6.36. The molecule has 1 aliphatic rings. The Labute approximate surface area is 133 Å². The minimum atomic E-state index is 0.340. The molecular weight excluding hydrogens is 256 g/mol. The molecule has 126 valence electrons. The van der Waals surface area contributed by atoms with Crippen LogP contribution in [0.4, 0.5) is 0 Å². The van der Waals surface area contributed by atoms with Gasteiger partial charge in [-0.3, -0.25) is 0 Å². The molecular formula is C19H40N2. The van der Waals surface area contributed by atoms with Crippen molar-refractivity contribution in [3.63, 3.8) is 0 Å². The number of unbranched alkanes of at least 4 members (excludes halogenated alkanes) is 5. The molecule has 1 atom stereocenters. The van der Waals surface area contributed by atoms with E-state index in [2.05, 4.69) is 13.8 Å². The van der Waals surface area contributed by atoms with E-state index in [1.165, 1.54) is 83.5 Å². The molecule has 21 heavy (non-hydrogen) atoms. The molecule has 0 aromatic heterocycles. The van der Waals surface area contributed by atoms with E-state index in [1.54, 1.807) is 0 Å². The van der Waals surface area contributed by atoms with Crippen molar-refractivity contribution in [2.75, 3.05) is 6.54 Å². The maximum Gasteiger partial charge on any atom is 0.00671 e. The highest BCUT2D eigenvalue weighted by Gasteiger charge is 2.19. The van der Waals surface area contributed by atoms with Gasteiger partial charge in [-0.1, -0.05) is 71.6 Å². The number of hydrogen-bond donors (Lipinski definition) is 2. The topological polar surface area (TPSA) is 52.0 Å². The molecule has 0 bridgehead atoms.